The number of carbonyl (C=O) groups excluding carboxylic acids is 9. The first-order valence-corrected chi connectivity index (χ1v) is 31.9. The van der Waals surface area contributed by atoms with Crippen LogP contribution < -0.4 is 43.2 Å². The highest BCUT2D eigenvalue weighted by Crippen LogP contribution is 2.46. The molecular weight excluding hydrogens is 1240 g/mol. The third kappa shape index (κ3) is 16.8. The van der Waals surface area contributed by atoms with Crippen LogP contribution in [0.15, 0.2) is 53.3 Å². The van der Waals surface area contributed by atoms with Crippen LogP contribution >= 0.6 is 0 Å². The number of aliphatic hydroxyl groups excluding tert-OH is 1. The van der Waals surface area contributed by atoms with E-state index in [1.807, 2.05) is 0 Å². The number of likely N-dealkylation sites (tertiary alicyclic amines) is 1. The van der Waals surface area contributed by atoms with Gasteiger partial charge in [0.25, 0.3) is 5.56 Å². The zero-order chi connectivity index (χ0) is 68.1. The van der Waals surface area contributed by atoms with E-state index in [2.05, 4.69) is 31.9 Å². The van der Waals surface area contributed by atoms with Crippen molar-refractivity contribution < 1.29 is 86.2 Å². The van der Waals surface area contributed by atoms with Crippen molar-refractivity contribution in [1.29, 1.82) is 0 Å². The highest BCUT2D eigenvalue weighted by Gasteiger charge is 2.47. The average Bonchev–Trinajstić information content (AvgIpc) is 1.62. The number of pyridine rings is 2. The number of nitrogens with one attached hydrogen (secondary N) is 6. The lowest BCUT2D eigenvalue weighted by Gasteiger charge is -2.40. The fourth-order valence-electron chi connectivity index (χ4n) is 12.1. The Morgan fingerprint density at radius 3 is 2.21 bits per heavy atom. The number of urea groups is 1. The molecule has 0 spiro atoms. The minimum Gasteiger partial charge on any atom is -0.458 e. The van der Waals surface area contributed by atoms with E-state index in [4.69, 9.17) is 39.1 Å². The number of hydrogen-bond acceptors (Lipinski definition) is 19. The maximum atomic E-state index is 15.5. The number of fused-ring (bicyclic) bond motifs is 5. The smallest absolute Gasteiger partial charge is 0.410 e. The Morgan fingerprint density at radius 1 is 0.853 bits per heavy atom. The predicted molar refractivity (Wildman–Crippen MR) is 337 cm³/mol. The molecule has 9 rings (SSSR count). The number of benzene rings is 2. The number of primary amides is 1. The van der Waals surface area contributed by atoms with E-state index in [0.717, 1.165) is 5.56 Å². The van der Waals surface area contributed by atoms with Crippen LogP contribution in [0.25, 0.3) is 22.3 Å². The largest absolute Gasteiger partial charge is 0.458 e. The van der Waals surface area contributed by atoms with Gasteiger partial charge in [-0.2, -0.15) is 0 Å². The van der Waals surface area contributed by atoms with Gasteiger partial charge in [0.15, 0.2) is 5.60 Å². The predicted octanol–water partition coefficient (Wildman–Crippen LogP) is 1.73. The number of halogens is 1. The summed E-state index contributed by atoms with van der Waals surface area (Å²) in [5.74, 6) is -4.45. The molecule has 30 heteroatoms. The zero-order valence-corrected chi connectivity index (χ0v) is 53.5. The molecule has 6 atom stereocenters. The van der Waals surface area contributed by atoms with Gasteiger partial charge >= 0.3 is 18.1 Å². The number of ether oxygens (including phenoxy) is 6. The van der Waals surface area contributed by atoms with Crippen LogP contribution in [0.3, 0.4) is 0 Å². The lowest BCUT2D eigenvalue weighted by Crippen LogP contribution is -2.58. The molecule has 512 valence electrons. The van der Waals surface area contributed by atoms with Crippen LogP contribution in [0.4, 0.5) is 19.7 Å². The van der Waals surface area contributed by atoms with Crippen molar-refractivity contribution >= 4 is 70.1 Å². The second-order valence-corrected chi connectivity index (χ2v) is 24.0. The number of aliphatic hydroxyl groups is 2. The molecule has 2 aromatic heterocycles. The monoisotopic (exact) mass is 1320 g/mol. The van der Waals surface area contributed by atoms with E-state index in [9.17, 15) is 58.2 Å². The lowest BCUT2D eigenvalue weighted by molar-refractivity contribution is -0.172. The highest BCUT2D eigenvalue weighted by atomic mass is 19.1. The van der Waals surface area contributed by atoms with E-state index in [0.29, 0.717) is 89.3 Å². The minimum atomic E-state index is -2.06. The number of rotatable bonds is 33. The van der Waals surface area contributed by atoms with E-state index < -0.39 is 95.0 Å². The van der Waals surface area contributed by atoms with Crippen LogP contribution in [0.1, 0.15) is 111 Å². The lowest BCUT2D eigenvalue weighted by atomic mass is 9.81. The summed E-state index contributed by atoms with van der Waals surface area (Å²) < 4.78 is 49.9. The molecule has 4 aromatic rings. The standard InChI is InChI=1S/C65H82FN11O18/c1-5-65(89)43-31-49-57-41(33-77(49)61(85)42(43)35-94-62(65)86)55-45(13-12-40-37(4)44(66)32-47(71-57)54(40)55)72-59(83)48-16-21-75(48)64(88)95-34-38-8-10-39(11-9-38)70-58(82)46(7-6-19-69-63(67)87)73-60(84)56(36(2)3)74-51(79)18-23-90-25-27-92-29-30-93-28-26-91-24-20-68-50(78)17-22-76-52(80)14-15-53(76)81/h8-11,14-15,31-32,36,45-46,48,52,56,80,89H,5-7,12-13,16-30,33-35H2,1-4H3,(H,68,78)(H,70,82)(H,72,83)(H,73,84)(H,74,79)(H3,67,69,87)/t45-,46?,48+,52?,56+,65?/m1/s1. The summed E-state index contributed by atoms with van der Waals surface area (Å²) in [5.41, 5.74) is 7.36. The van der Waals surface area contributed by atoms with E-state index in [1.54, 1.807) is 58.0 Å². The third-order valence-corrected chi connectivity index (χ3v) is 17.5. The maximum absolute atomic E-state index is 15.5. The molecular formula is C65H82FN11O18. The first-order valence-electron chi connectivity index (χ1n) is 31.9. The Bertz CT molecular complexity index is 3660. The molecule has 6 heterocycles. The van der Waals surface area contributed by atoms with Gasteiger partial charge in [-0.3, -0.25) is 38.5 Å². The number of amides is 9. The van der Waals surface area contributed by atoms with Gasteiger partial charge in [-0.1, -0.05) is 32.9 Å². The number of aryl methyl sites for hydroxylation is 1. The Morgan fingerprint density at radius 2 is 1.56 bits per heavy atom. The highest BCUT2D eigenvalue weighted by molar-refractivity contribution is 5.99. The number of nitrogens with two attached hydrogens (primary N) is 1. The van der Waals surface area contributed by atoms with Crippen LogP contribution in [-0.4, -0.2) is 186 Å². The molecule has 3 unspecified atom stereocenters. The first-order chi connectivity index (χ1) is 45.6. The van der Waals surface area contributed by atoms with Crippen molar-refractivity contribution in [3.8, 4) is 11.4 Å². The van der Waals surface area contributed by atoms with Crippen LogP contribution in [0.5, 0.6) is 0 Å². The van der Waals surface area contributed by atoms with Gasteiger partial charge in [0.05, 0.1) is 87.9 Å². The summed E-state index contributed by atoms with van der Waals surface area (Å²) in [4.78, 5) is 138. The van der Waals surface area contributed by atoms with Crippen molar-refractivity contribution in [3.05, 3.63) is 104 Å². The maximum Gasteiger partial charge on any atom is 0.410 e. The third-order valence-electron chi connectivity index (χ3n) is 17.5. The number of anilines is 1. The molecule has 29 nitrogen and oxygen atoms in total. The summed E-state index contributed by atoms with van der Waals surface area (Å²) >= 11 is 0. The minimum absolute atomic E-state index is 0.0383. The Balaban J connectivity index is 0.701. The topological polar surface area (TPSA) is 389 Å². The van der Waals surface area contributed by atoms with Crippen LogP contribution in [0, 0.1) is 18.7 Å². The molecule has 2 aromatic carbocycles. The van der Waals surface area contributed by atoms with Gasteiger partial charge in [-0.05, 0) is 97.9 Å². The molecule has 10 N–H and O–H groups in total. The van der Waals surface area contributed by atoms with E-state index >= 15 is 4.39 Å². The Hall–Kier alpha value is -8.94. The van der Waals surface area contributed by atoms with Crippen LogP contribution in [-0.2, 0) is 93.8 Å². The number of esters is 1. The SMILES string of the molecule is CCC1(O)C(=O)OCc2c1cc1n(c2=O)Cc2c-1nc1cc(F)c(C)c3c1c2[C@H](NC(=O)[C@@H]1CCN1C(=O)OCc1ccc(NC(=O)C(CCCNC(N)=O)NC(=O)[C@@H](NC(=O)CCOCCOCCOCCOCCNC(=O)CCN2C(=O)C=CC2O)C(C)C)cc1)CC3. The van der Waals surface area contributed by atoms with Gasteiger partial charge in [0.1, 0.15) is 43.4 Å². The Labute approximate surface area is 546 Å². The molecule has 0 radical (unpaired) electrons. The summed E-state index contributed by atoms with van der Waals surface area (Å²) in [6.07, 6.45) is 2.24. The second-order valence-electron chi connectivity index (χ2n) is 24.0. The molecule has 1 fully saturated rings. The number of hydrogen-bond donors (Lipinski definition) is 9. The summed E-state index contributed by atoms with van der Waals surface area (Å²) in [6, 6.07) is 4.88. The first kappa shape index (κ1) is 70.4. The number of cyclic esters (lactones) is 1. The van der Waals surface area contributed by atoms with Gasteiger partial charge < -0.3 is 85.7 Å². The van der Waals surface area contributed by atoms with Crippen molar-refractivity contribution in [2.75, 3.05) is 84.4 Å². The number of aromatic nitrogens is 2. The second kappa shape index (κ2) is 32.0. The fraction of sp³-hybridized carbons (Fsp3) is 0.523. The van der Waals surface area contributed by atoms with Crippen molar-refractivity contribution in [3.63, 3.8) is 0 Å². The van der Waals surface area contributed by atoms with Gasteiger partial charge in [0.2, 0.25) is 35.4 Å². The normalized spacial score (nSPS) is 18.8. The van der Waals surface area contributed by atoms with Crippen molar-refractivity contribution in [2.45, 2.75) is 135 Å². The number of carbonyl (C=O) groups is 9. The van der Waals surface area contributed by atoms with Crippen molar-refractivity contribution in [1.82, 2.24) is 45.9 Å². The molecule has 1 aliphatic carbocycles. The van der Waals surface area contributed by atoms with E-state index in [1.165, 1.54) is 32.6 Å². The van der Waals surface area contributed by atoms with Crippen molar-refractivity contribution in [2.24, 2.45) is 11.7 Å². The summed E-state index contributed by atoms with van der Waals surface area (Å²) in [5, 5.41) is 38.4. The van der Waals surface area contributed by atoms with Crippen LogP contribution in [0.2, 0.25) is 0 Å². The zero-order valence-electron chi connectivity index (χ0n) is 53.5. The molecule has 1 saturated heterocycles. The van der Waals surface area contributed by atoms with Gasteiger partial charge in [-0.15, -0.1) is 0 Å². The molecule has 0 saturated carbocycles. The summed E-state index contributed by atoms with van der Waals surface area (Å²) in [6.45, 7) is 8.94. The summed E-state index contributed by atoms with van der Waals surface area (Å²) in [7, 11) is 0. The quantitative estimate of drug-likeness (QED) is 0.0213. The van der Waals surface area contributed by atoms with Gasteiger partial charge in [0, 0.05) is 73.4 Å². The molecule has 0 bridgehead atoms. The van der Waals surface area contributed by atoms with E-state index in [-0.39, 0.29) is 134 Å². The molecule has 5 aliphatic rings. The van der Waals surface area contributed by atoms with Gasteiger partial charge in [-0.25, -0.2) is 23.8 Å². The molecule has 95 heavy (non-hydrogen) atoms. The molecule has 9 amide bonds. The average molecular weight is 1320 g/mol. The fourth-order valence-corrected chi connectivity index (χ4v) is 12.1. The molecule has 4 aliphatic heterocycles. The number of nitrogens with zero attached hydrogens (tertiary/aromatic N) is 4. The Kier molecular flexibility index (Phi) is 23.7.